The Hall–Kier alpha value is -2.15. The Labute approximate surface area is 179 Å². The number of rotatable bonds is 3. The monoisotopic (exact) mass is 432 g/mol. The van der Waals surface area contributed by atoms with Crippen molar-refractivity contribution >= 4 is 46.1 Å². The number of anilines is 1. The second-order valence-corrected chi connectivity index (χ2v) is 8.98. The molecule has 154 valence electrons. The van der Waals surface area contributed by atoms with Crippen LogP contribution in [0.3, 0.4) is 0 Å². The van der Waals surface area contributed by atoms with E-state index in [0.29, 0.717) is 45.8 Å². The van der Waals surface area contributed by atoms with E-state index in [0.717, 1.165) is 0 Å². The first kappa shape index (κ1) is 21.6. The van der Waals surface area contributed by atoms with E-state index in [1.165, 1.54) is 16.3 Å². The number of nitriles is 1. The molecular weight excluding hydrogens is 408 g/mol. The van der Waals surface area contributed by atoms with Gasteiger partial charge in [0.2, 0.25) is 0 Å². The highest BCUT2D eigenvalue weighted by atomic mass is 32.2. The Balaban J connectivity index is 2.23. The normalized spacial score (nSPS) is 23.8. The molecule has 0 radical (unpaired) electrons. The van der Waals surface area contributed by atoms with E-state index in [9.17, 15) is 14.9 Å². The third-order valence-electron chi connectivity index (χ3n) is 5.15. The summed E-state index contributed by atoms with van der Waals surface area (Å²) in [6.07, 6.45) is 1.76. The zero-order valence-electron chi connectivity index (χ0n) is 17.2. The molecule has 0 spiro atoms. The van der Waals surface area contributed by atoms with Gasteiger partial charge in [-0.2, -0.15) is 5.26 Å². The Morgan fingerprint density at radius 1 is 1.31 bits per heavy atom. The Bertz CT molecular complexity index is 998. The molecule has 1 amide bonds. The van der Waals surface area contributed by atoms with Gasteiger partial charge in [-0.15, -0.1) is 0 Å². The Kier molecular flexibility index (Phi) is 6.17. The number of carbonyl (C=O) groups is 1. The number of hydrogen-bond donors (Lipinski definition) is 0. The lowest BCUT2D eigenvalue weighted by Crippen LogP contribution is -2.47. The highest BCUT2D eigenvalue weighted by Gasteiger charge is 2.33. The minimum Gasteiger partial charge on any atom is -0.372 e. The van der Waals surface area contributed by atoms with Crippen molar-refractivity contribution in [1.82, 2.24) is 9.47 Å². The molecule has 2 fully saturated rings. The van der Waals surface area contributed by atoms with E-state index in [1.54, 1.807) is 24.9 Å². The molecule has 0 aliphatic carbocycles. The van der Waals surface area contributed by atoms with E-state index in [4.69, 9.17) is 17.0 Å². The predicted molar refractivity (Wildman–Crippen MR) is 119 cm³/mol. The maximum absolute atomic E-state index is 12.8. The minimum atomic E-state index is -0.343. The number of morpholine rings is 1. The van der Waals surface area contributed by atoms with Crippen molar-refractivity contribution in [1.29, 1.82) is 5.26 Å². The molecule has 0 N–H and O–H groups in total. The number of carbonyl (C=O) groups excluding carboxylic acids is 1. The van der Waals surface area contributed by atoms with Gasteiger partial charge in [0.25, 0.3) is 11.5 Å². The number of hydrogen-bond acceptors (Lipinski definition) is 7. The third kappa shape index (κ3) is 3.84. The highest BCUT2D eigenvalue weighted by molar-refractivity contribution is 8.26. The van der Waals surface area contributed by atoms with Gasteiger partial charge in [-0.25, -0.2) is 0 Å². The topological polar surface area (TPSA) is 78.6 Å². The van der Waals surface area contributed by atoms with Gasteiger partial charge in [-0.1, -0.05) is 24.0 Å². The average Bonchev–Trinajstić information content (AvgIpc) is 2.92. The lowest BCUT2D eigenvalue weighted by atomic mass is 10.0. The lowest BCUT2D eigenvalue weighted by Gasteiger charge is -2.38. The van der Waals surface area contributed by atoms with Crippen molar-refractivity contribution < 1.29 is 9.53 Å². The molecule has 29 heavy (non-hydrogen) atoms. The molecule has 3 rings (SSSR count). The summed E-state index contributed by atoms with van der Waals surface area (Å²) in [4.78, 5) is 29.7. The van der Waals surface area contributed by atoms with Crippen LogP contribution in [0.1, 0.15) is 37.5 Å². The Morgan fingerprint density at radius 3 is 2.45 bits per heavy atom. The lowest BCUT2D eigenvalue weighted by molar-refractivity contribution is -0.121. The average molecular weight is 433 g/mol. The van der Waals surface area contributed by atoms with Crippen LogP contribution in [0.15, 0.2) is 9.70 Å². The molecule has 0 unspecified atom stereocenters. The first-order valence-corrected chi connectivity index (χ1v) is 10.7. The molecule has 1 aromatic rings. The molecule has 0 aromatic carbocycles. The number of ether oxygens (including phenoxy) is 1. The van der Waals surface area contributed by atoms with Crippen molar-refractivity contribution in [3.63, 3.8) is 0 Å². The largest absolute Gasteiger partial charge is 0.372 e. The molecule has 3 heterocycles. The number of likely N-dealkylation sites (N-methyl/N-ethyl adjacent to an activating group) is 1. The van der Waals surface area contributed by atoms with Crippen molar-refractivity contribution in [2.75, 3.05) is 24.5 Å². The van der Waals surface area contributed by atoms with E-state index < -0.39 is 0 Å². The van der Waals surface area contributed by atoms with Crippen LogP contribution in [0.2, 0.25) is 0 Å². The molecule has 2 saturated heterocycles. The van der Waals surface area contributed by atoms with Crippen molar-refractivity contribution in [3.8, 4) is 6.07 Å². The minimum absolute atomic E-state index is 0.00375. The van der Waals surface area contributed by atoms with Gasteiger partial charge >= 0.3 is 0 Å². The van der Waals surface area contributed by atoms with Gasteiger partial charge in [-0.05, 0) is 39.3 Å². The van der Waals surface area contributed by atoms with E-state index in [1.807, 2.05) is 26.8 Å². The van der Waals surface area contributed by atoms with Gasteiger partial charge in [0.05, 0.1) is 17.1 Å². The number of aromatic nitrogens is 1. The maximum atomic E-state index is 12.8. The highest BCUT2D eigenvalue weighted by Crippen LogP contribution is 2.36. The van der Waals surface area contributed by atoms with E-state index >= 15 is 0 Å². The summed E-state index contributed by atoms with van der Waals surface area (Å²) < 4.78 is 7.86. The molecule has 9 heteroatoms. The second kappa shape index (κ2) is 8.30. The summed E-state index contributed by atoms with van der Waals surface area (Å²) in [6.45, 7) is 9.33. The van der Waals surface area contributed by atoms with Crippen molar-refractivity contribution in [2.45, 2.75) is 39.9 Å². The molecule has 0 saturated carbocycles. The van der Waals surface area contributed by atoms with Gasteiger partial charge in [0.15, 0.2) is 0 Å². The van der Waals surface area contributed by atoms with Crippen LogP contribution in [0.5, 0.6) is 0 Å². The zero-order chi connectivity index (χ0) is 21.5. The fourth-order valence-corrected chi connectivity index (χ4v) is 5.21. The molecule has 7 nitrogen and oxygen atoms in total. The van der Waals surface area contributed by atoms with E-state index in [2.05, 4.69) is 4.90 Å². The summed E-state index contributed by atoms with van der Waals surface area (Å²) in [5.74, 6) is 0.541. The fraction of sp³-hybridized carbons (Fsp3) is 0.500. The molecule has 2 aliphatic heterocycles. The molecule has 2 atom stereocenters. The van der Waals surface area contributed by atoms with Crippen LogP contribution in [0, 0.1) is 18.3 Å². The first-order chi connectivity index (χ1) is 13.7. The van der Waals surface area contributed by atoms with Gasteiger partial charge < -0.3 is 9.64 Å². The Morgan fingerprint density at radius 2 is 1.93 bits per heavy atom. The number of pyridine rings is 1. The number of nitrogens with zero attached hydrogens (tertiary/aromatic N) is 4. The smallest absolute Gasteiger partial charge is 0.270 e. The van der Waals surface area contributed by atoms with Crippen molar-refractivity contribution in [3.05, 3.63) is 31.9 Å². The molecule has 2 aliphatic rings. The summed E-state index contributed by atoms with van der Waals surface area (Å²) in [5.41, 5.74) is 1.01. The van der Waals surface area contributed by atoms with Crippen LogP contribution >= 0.6 is 24.0 Å². The first-order valence-electron chi connectivity index (χ1n) is 9.49. The third-order valence-corrected chi connectivity index (χ3v) is 6.53. The van der Waals surface area contributed by atoms with Gasteiger partial charge in [-0.3, -0.25) is 19.1 Å². The number of thiocarbonyl (C=S) groups is 1. The molecule has 1 aromatic heterocycles. The molecular formula is C20H24N4O3S2. The maximum Gasteiger partial charge on any atom is 0.270 e. The summed E-state index contributed by atoms with van der Waals surface area (Å²) >= 11 is 6.56. The van der Waals surface area contributed by atoms with Gasteiger partial charge in [0, 0.05) is 32.2 Å². The van der Waals surface area contributed by atoms with Crippen molar-refractivity contribution in [2.24, 2.45) is 7.05 Å². The number of thioether (sulfide) groups is 1. The van der Waals surface area contributed by atoms with Crippen LogP contribution < -0.4 is 10.5 Å². The van der Waals surface area contributed by atoms with Crippen LogP contribution in [-0.2, 0) is 16.6 Å². The standard InChI is InChI=1S/C20H24N4O3S2/c1-6-24-19(26)16(29-20(24)28)7-14-13(4)15(8-21)18(25)22(5)17(14)23-9-11(2)27-12(3)10-23/h7,11-12H,6,9-10H2,1-5H3/b16-7-/t11-,12+. The van der Waals surface area contributed by atoms with Crippen LogP contribution in [0.4, 0.5) is 5.82 Å². The van der Waals surface area contributed by atoms with Crippen LogP contribution in [-0.4, -0.2) is 51.5 Å². The summed E-state index contributed by atoms with van der Waals surface area (Å²) in [7, 11) is 1.66. The fourth-order valence-electron chi connectivity index (χ4n) is 3.85. The summed E-state index contributed by atoms with van der Waals surface area (Å²) in [6, 6.07) is 2.02. The quantitative estimate of drug-likeness (QED) is 0.536. The van der Waals surface area contributed by atoms with Crippen LogP contribution in [0.25, 0.3) is 6.08 Å². The second-order valence-electron chi connectivity index (χ2n) is 7.30. The zero-order valence-corrected chi connectivity index (χ0v) is 18.8. The number of amides is 1. The molecule has 0 bridgehead atoms. The SMILES string of the molecule is CCN1C(=O)/C(=C/c2c(C)c(C#N)c(=O)n(C)c2N2C[C@@H](C)O[C@@H](C)C2)SC1=S. The predicted octanol–water partition coefficient (Wildman–Crippen LogP) is 2.40. The van der Waals surface area contributed by atoms with E-state index in [-0.39, 0.29) is 29.2 Å². The van der Waals surface area contributed by atoms with Gasteiger partial charge in [0.1, 0.15) is 21.8 Å². The summed E-state index contributed by atoms with van der Waals surface area (Å²) in [5, 5.41) is 9.55.